The van der Waals surface area contributed by atoms with Gasteiger partial charge in [0.25, 0.3) is 0 Å². The number of rotatable bonds is 8. The Kier molecular flexibility index (Phi) is 5.49. The normalized spacial score (nSPS) is 19.3. The third kappa shape index (κ3) is 3.58. The molecule has 0 spiro atoms. The molecule has 1 fully saturated rings. The van der Waals surface area contributed by atoms with Gasteiger partial charge in [0.2, 0.25) is 0 Å². The van der Waals surface area contributed by atoms with Crippen LogP contribution >= 0.6 is 0 Å². The van der Waals surface area contributed by atoms with Crippen molar-refractivity contribution in [1.82, 2.24) is 5.32 Å². The minimum Gasteiger partial charge on any atom is -0.377 e. The van der Waals surface area contributed by atoms with Crippen molar-refractivity contribution < 1.29 is 4.74 Å². The van der Waals surface area contributed by atoms with Gasteiger partial charge < -0.3 is 10.1 Å². The smallest absolute Gasteiger partial charge is 0.0802 e. The SMILES string of the molecule is CCCCCCNCC1(OC)CCC1. The third-order valence-electron chi connectivity index (χ3n) is 3.35. The third-order valence-corrected chi connectivity index (χ3v) is 3.35. The van der Waals surface area contributed by atoms with Crippen molar-refractivity contribution in [3.63, 3.8) is 0 Å². The van der Waals surface area contributed by atoms with Crippen molar-refractivity contribution in [2.24, 2.45) is 0 Å². The quantitative estimate of drug-likeness (QED) is 0.607. The number of methoxy groups -OCH3 is 1. The van der Waals surface area contributed by atoms with Crippen molar-refractivity contribution in [1.29, 1.82) is 0 Å². The van der Waals surface area contributed by atoms with Crippen LogP contribution in [0.1, 0.15) is 51.9 Å². The molecule has 0 aliphatic heterocycles. The van der Waals surface area contributed by atoms with E-state index in [1.807, 2.05) is 7.11 Å². The maximum absolute atomic E-state index is 5.54. The summed E-state index contributed by atoms with van der Waals surface area (Å²) in [7, 11) is 1.85. The van der Waals surface area contributed by atoms with E-state index >= 15 is 0 Å². The van der Waals surface area contributed by atoms with Gasteiger partial charge in [0.15, 0.2) is 0 Å². The largest absolute Gasteiger partial charge is 0.377 e. The van der Waals surface area contributed by atoms with Crippen molar-refractivity contribution in [3.05, 3.63) is 0 Å². The lowest BCUT2D eigenvalue weighted by Crippen LogP contribution is -2.48. The summed E-state index contributed by atoms with van der Waals surface area (Å²) in [6.07, 6.45) is 9.19. The topological polar surface area (TPSA) is 21.3 Å². The van der Waals surface area contributed by atoms with E-state index in [1.54, 1.807) is 0 Å². The summed E-state index contributed by atoms with van der Waals surface area (Å²) in [5.74, 6) is 0. The highest BCUT2D eigenvalue weighted by Crippen LogP contribution is 2.34. The molecule has 0 radical (unpaired) electrons. The highest BCUT2D eigenvalue weighted by molar-refractivity contribution is 4.91. The molecular formula is C12H25NO. The minimum absolute atomic E-state index is 0.199. The summed E-state index contributed by atoms with van der Waals surface area (Å²) >= 11 is 0. The Labute approximate surface area is 88.4 Å². The molecule has 0 aromatic heterocycles. The number of ether oxygens (including phenoxy) is 1. The molecule has 1 aliphatic carbocycles. The monoisotopic (exact) mass is 199 g/mol. The van der Waals surface area contributed by atoms with Crippen LogP contribution in [0.2, 0.25) is 0 Å². The maximum atomic E-state index is 5.54. The standard InChI is InChI=1S/C12H25NO/c1-3-4-5-6-10-13-11-12(14-2)8-7-9-12/h13H,3-11H2,1-2H3. The molecule has 0 amide bonds. The lowest BCUT2D eigenvalue weighted by molar-refractivity contribution is -0.0692. The first kappa shape index (κ1) is 12.0. The summed E-state index contributed by atoms with van der Waals surface area (Å²) in [5.41, 5.74) is 0.199. The number of nitrogens with one attached hydrogen (secondary N) is 1. The molecule has 14 heavy (non-hydrogen) atoms. The molecule has 0 saturated heterocycles. The predicted molar refractivity (Wildman–Crippen MR) is 60.6 cm³/mol. The molecule has 0 atom stereocenters. The zero-order valence-electron chi connectivity index (χ0n) is 9.77. The molecule has 1 aliphatic rings. The minimum atomic E-state index is 0.199. The predicted octanol–water partition coefficient (Wildman–Crippen LogP) is 2.73. The zero-order chi connectivity index (χ0) is 10.3. The Bertz CT molecular complexity index is 138. The zero-order valence-corrected chi connectivity index (χ0v) is 9.77. The Hall–Kier alpha value is -0.0800. The van der Waals surface area contributed by atoms with Crippen molar-refractivity contribution in [3.8, 4) is 0 Å². The fourth-order valence-corrected chi connectivity index (χ4v) is 2.02. The lowest BCUT2D eigenvalue weighted by Gasteiger charge is -2.40. The van der Waals surface area contributed by atoms with Crippen molar-refractivity contribution in [2.75, 3.05) is 20.2 Å². The summed E-state index contributed by atoms with van der Waals surface area (Å²) in [5, 5.41) is 3.51. The van der Waals surface area contributed by atoms with Crippen molar-refractivity contribution >= 4 is 0 Å². The molecule has 1 rings (SSSR count). The van der Waals surface area contributed by atoms with Gasteiger partial charge in [0.1, 0.15) is 0 Å². The van der Waals surface area contributed by atoms with Gasteiger partial charge >= 0.3 is 0 Å². The molecule has 1 N–H and O–H groups in total. The Balaban J connectivity index is 1.92. The highest BCUT2D eigenvalue weighted by Gasteiger charge is 2.36. The van der Waals surface area contributed by atoms with Gasteiger partial charge in [-0.3, -0.25) is 0 Å². The highest BCUT2D eigenvalue weighted by atomic mass is 16.5. The van der Waals surface area contributed by atoms with Crippen LogP contribution in [0.3, 0.4) is 0 Å². The van der Waals surface area contributed by atoms with E-state index in [9.17, 15) is 0 Å². The number of hydrogen-bond acceptors (Lipinski definition) is 2. The van der Waals surface area contributed by atoms with Crippen LogP contribution in [-0.2, 0) is 4.74 Å². The van der Waals surface area contributed by atoms with Gasteiger partial charge in [0, 0.05) is 13.7 Å². The second-order valence-corrected chi connectivity index (χ2v) is 4.48. The van der Waals surface area contributed by atoms with Gasteiger partial charge in [0.05, 0.1) is 5.60 Å². The van der Waals surface area contributed by atoms with E-state index in [2.05, 4.69) is 12.2 Å². The summed E-state index contributed by atoms with van der Waals surface area (Å²) in [4.78, 5) is 0. The van der Waals surface area contributed by atoms with Crippen LogP contribution in [0.4, 0.5) is 0 Å². The molecule has 2 heteroatoms. The van der Waals surface area contributed by atoms with Gasteiger partial charge in [-0.25, -0.2) is 0 Å². The second-order valence-electron chi connectivity index (χ2n) is 4.48. The fourth-order valence-electron chi connectivity index (χ4n) is 2.02. The average Bonchev–Trinajstić information content (AvgIpc) is 2.15. The Morgan fingerprint density at radius 2 is 2.00 bits per heavy atom. The average molecular weight is 199 g/mol. The summed E-state index contributed by atoms with van der Waals surface area (Å²) in [6, 6.07) is 0. The van der Waals surface area contributed by atoms with E-state index in [0.717, 1.165) is 13.1 Å². The van der Waals surface area contributed by atoms with E-state index in [-0.39, 0.29) is 5.60 Å². The van der Waals surface area contributed by atoms with E-state index < -0.39 is 0 Å². The van der Waals surface area contributed by atoms with Crippen LogP contribution in [0.25, 0.3) is 0 Å². The van der Waals surface area contributed by atoms with Gasteiger partial charge in [-0.1, -0.05) is 26.2 Å². The molecular weight excluding hydrogens is 174 g/mol. The Morgan fingerprint density at radius 3 is 2.50 bits per heavy atom. The summed E-state index contributed by atoms with van der Waals surface area (Å²) in [6.45, 7) is 4.46. The molecule has 0 aromatic rings. The maximum Gasteiger partial charge on any atom is 0.0802 e. The molecule has 2 nitrogen and oxygen atoms in total. The molecule has 0 aromatic carbocycles. The number of hydrogen-bond donors (Lipinski definition) is 1. The molecule has 0 bridgehead atoms. The first-order valence-corrected chi connectivity index (χ1v) is 6.09. The number of unbranched alkanes of at least 4 members (excludes halogenated alkanes) is 3. The fraction of sp³-hybridized carbons (Fsp3) is 1.00. The van der Waals surface area contributed by atoms with E-state index in [1.165, 1.54) is 44.9 Å². The van der Waals surface area contributed by atoms with Gasteiger partial charge in [-0.15, -0.1) is 0 Å². The van der Waals surface area contributed by atoms with Gasteiger partial charge in [-0.05, 0) is 32.2 Å². The Morgan fingerprint density at radius 1 is 1.21 bits per heavy atom. The van der Waals surface area contributed by atoms with Crippen LogP contribution in [0.15, 0.2) is 0 Å². The first-order chi connectivity index (χ1) is 6.83. The first-order valence-electron chi connectivity index (χ1n) is 6.09. The van der Waals surface area contributed by atoms with E-state index in [0.29, 0.717) is 0 Å². The van der Waals surface area contributed by atoms with Crippen LogP contribution < -0.4 is 5.32 Å². The molecule has 0 heterocycles. The van der Waals surface area contributed by atoms with Crippen LogP contribution in [-0.4, -0.2) is 25.8 Å². The van der Waals surface area contributed by atoms with Crippen molar-refractivity contribution in [2.45, 2.75) is 57.5 Å². The molecule has 84 valence electrons. The van der Waals surface area contributed by atoms with E-state index in [4.69, 9.17) is 4.74 Å². The second kappa shape index (κ2) is 6.41. The van der Waals surface area contributed by atoms with Crippen LogP contribution in [0, 0.1) is 0 Å². The lowest BCUT2D eigenvalue weighted by atomic mass is 9.80. The summed E-state index contributed by atoms with van der Waals surface area (Å²) < 4.78 is 5.54. The molecule has 1 saturated carbocycles. The molecule has 0 unspecified atom stereocenters. The van der Waals surface area contributed by atoms with Gasteiger partial charge in [-0.2, -0.15) is 0 Å². The van der Waals surface area contributed by atoms with Crippen LogP contribution in [0.5, 0.6) is 0 Å².